The topological polar surface area (TPSA) is 40.8 Å². The van der Waals surface area contributed by atoms with Gasteiger partial charge >= 0.3 is 0 Å². The summed E-state index contributed by atoms with van der Waals surface area (Å²) in [6, 6.07) is 16.6. The minimum Gasteiger partial charge on any atom is -0.378 e. The summed E-state index contributed by atoms with van der Waals surface area (Å²) in [6.07, 6.45) is 3.96. The highest BCUT2D eigenvalue weighted by atomic mass is 32.2. The molecule has 32 heavy (non-hydrogen) atoms. The van der Waals surface area contributed by atoms with Crippen LogP contribution in [-0.2, 0) is 4.79 Å². The Kier molecular flexibility index (Phi) is 5.98. The second-order valence-corrected chi connectivity index (χ2v) is 9.34. The van der Waals surface area contributed by atoms with Gasteiger partial charge in [-0.1, -0.05) is 17.7 Å². The van der Waals surface area contributed by atoms with E-state index in [2.05, 4.69) is 66.6 Å². The predicted molar refractivity (Wildman–Crippen MR) is 136 cm³/mol. The van der Waals surface area contributed by atoms with Gasteiger partial charge in [0.1, 0.15) is 0 Å². The van der Waals surface area contributed by atoms with Crippen molar-refractivity contribution in [3.05, 3.63) is 82.0 Å². The van der Waals surface area contributed by atoms with Crippen LogP contribution in [0.1, 0.15) is 22.4 Å². The molecule has 0 atom stereocenters. The summed E-state index contributed by atoms with van der Waals surface area (Å²) in [7, 11) is 5.84. The Labute approximate surface area is 194 Å². The molecule has 2 heterocycles. The highest BCUT2D eigenvalue weighted by Crippen LogP contribution is 2.35. The zero-order valence-electron chi connectivity index (χ0n) is 19.4. The number of carbonyl (C=O) groups is 1. The Morgan fingerprint density at radius 3 is 2.28 bits per heavy atom. The van der Waals surface area contributed by atoms with Crippen molar-refractivity contribution < 1.29 is 4.79 Å². The second kappa shape index (κ2) is 8.71. The molecule has 3 aromatic rings. The molecule has 1 fully saturated rings. The molecule has 1 saturated heterocycles. The highest BCUT2D eigenvalue weighted by Gasteiger charge is 2.31. The molecule has 1 aliphatic heterocycles. The van der Waals surface area contributed by atoms with Crippen LogP contribution in [-0.4, -0.2) is 41.7 Å². The van der Waals surface area contributed by atoms with Gasteiger partial charge in [-0.3, -0.25) is 9.69 Å². The zero-order valence-corrected chi connectivity index (χ0v) is 20.2. The number of carbonyl (C=O) groups excluding carboxylic acids is 1. The maximum absolute atomic E-state index is 13.0. The third-order valence-electron chi connectivity index (χ3n) is 5.55. The number of aliphatic imine (C=N–C) groups is 1. The van der Waals surface area contributed by atoms with Crippen molar-refractivity contribution in [2.24, 2.45) is 4.99 Å². The van der Waals surface area contributed by atoms with E-state index in [-0.39, 0.29) is 5.91 Å². The van der Waals surface area contributed by atoms with Crippen LogP contribution in [0.15, 0.2) is 64.6 Å². The van der Waals surface area contributed by atoms with Gasteiger partial charge in [0.25, 0.3) is 5.91 Å². The highest BCUT2D eigenvalue weighted by molar-refractivity contribution is 8.18. The summed E-state index contributed by atoms with van der Waals surface area (Å²) < 4.78 is 2.09. The Bertz CT molecular complexity index is 1210. The fourth-order valence-corrected chi connectivity index (χ4v) is 4.85. The molecule has 164 valence electrons. The van der Waals surface area contributed by atoms with E-state index >= 15 is 0 Å². The minimum absolute atomic E-state index is 0.0353. The van der Waals surface area contributed by atoms with Gasteiger partial charge in [-0.15, -0.1) is 0 Å². The monoisotopic (exact) mass is 444 g/mol. The van der Waals surface area contributed by atoms with Crippen molar-refractivity contribution in [2.45, 2.75) is 20.8 Å². The van der Waals surface area contributed by atoms with Crippen molar-refractivity contribution >= 4 is 40.3 Å². The number of amides is 1. The number of aromatic nitrogens is 1. The summed E-state index contributed by atoms with van der Waals surface area (Å²) >= 11 is 1.42. The summed E-state index contributed by atoms with van der Waals surface area (Å²) in [4.78, 5) is 22.2. The number of nitrogens with zero attached hydrogens (tertiary/aromatic N) is 4. The van der Waals surface area contributed by atoms with Gasteiger partial charge in [0.15, 0.2) is 5.17 Å². The molecule has 0 spiro atoms. The van der Waals surface area contributed by atoms with Crippen LogP contribution in [0.3, 0.4) is 0 Å². The van der Waals surface area contributed by atoms with Gasteiger partial charge in [0.05, 0.1) is 10.6 Å². The van der Waals surface area contributed by atoms with E-state index in [0.717, 1.165) is 33.9 Å². The Morgan fingerprint density at radius 1 is 1.00 bits per heavy atom. The lowest BCUT2D eigenvalue weighted by Crippen LogP contribution is -2.23. The van der Waals surface area contributed by atoms with Gasteiger partial charge in [0.2, 0.25) is 0 Å². The van der Waals surface area contributed by atoms with E-state index in [1.54, 1.807) is 11.9 Å². The number of benzene rings is 2. The fraction of sp³-hybridized carbons (Fsp3) is 0.231. The Hall–Kier alpha value is -3.25. The van der Waals surface area contributed by atoms with Crippen molar-refractivity contribution in [3.63, 3.8) is 0 Å². The van der Waals surface area contributed by atoms with Crippen LogP contribution >= 0.6 is 11.8 Å². The van der Waals surface area contributed by atoms with Crippen LogP contribution in [0.25, 0.3) is 11.8 Å². The first-order valence-corrected chi connectivity index (χ1v) is 11.4. The van der Waals surface area contributed by atoms with Gasteiger partial charge in [-0.05, 0) is 86.1 Å². The van der Waals surface area contributed by atoms with Crippen LogP contribution < -0.4 is 4.90 Å². The van der Waals surface area contributed by atoms with Gasteiger partial charge in [-0.2, -0.15) is 0 Å². The quantitative estimate of drug-likeness (QED) is 0.485. The van der Waals surface area contributed by atoms with Crippen LogP contribution in [0.4, 0.5) is 11.4 Å². The Balaban J connectivity index is 1.66. The number of amidine groups is 1. The smallest absolute Gasteiger partial charge is 0.266 e. The van der Waals surface area contributed by atoms with E-state index < -0.39 is 0 Å². The third-order valence-corrected chi connectivity index (χ3v) is 6.61. The van der Waals surface area contributed by atoms with E-state index in [1.807, 2.05) is 38.5 Å². The van der Waals surface area contributed by atoms with Crippen molar-refractivity contribution in [3.8, 4) is 5.69 Å². The van der Waals surface area contributed by atoms with Gasteiger partial charge < -0.3 is 9.47 Å². The molecule has 0 saturated carbocycles. The number of rotatable bonds is 4. The maximum atomic E-state index is 13.0. The predicted octanol–water partition coefficient (Wildman–Crippen LogP) is 5.70. The lowest BCUT2D eigenvalue weighted by atomic mass is 10.1. The first-order chi connectivity index (χ1) is 15.2. The molecule has 0 aliphatic carbocycles. The number of aryl methyl sites for hydroxylation is 3. The SMILES string of the molecule is Cc1cc(C)c(N=C2S/C(=C\c3cccn3-c3ccc(N(C)C)cc3)C(=O)N2C)c(C)c1. The minimum atomic E-state index is -0.0353. The molecule has 1 amide bonds. The molecule has 0 bridgehead atoms. The second-order valence-electron chi connectivity index (χ2n) is 8.33. The number of thioether (sulfide) groups is 1. The molecule has 1 aromatic heterocycles. The number of hydrogen-bond donors (Lipinski definition) is 0. The number of hydrogen-bond acceptors (Lipinski definition) is 4. The van der Waals surface area contributed by atoms with Crippen molar-refractivity contribution in [2.75, 3.05) is 26.0 Å². The molecule has 2 aromatic carbocycles. The van der Waals surface area contributed by atoms with E-state index in [9.17, 15) is 4.79 Å². The summed E-state index contributed by atoms with van der Waals surface area (Å²) in [5, 5.41) is 0.699. The Morgan fingerprint density at radius 2 is 1.66 bits per heavy atom. The average Bonchev–Trinajstić information content (AvgIpc) is 3.31. The van der Waals surface area contributed by atoms with Crippen molar-refractivity contribution in [1.82, 2.24) is 9.47 Å². The lowest BCUT2D eigenvalue weighted by molar-refractivity contribution is -0.121. The first-order valence-electron chi connectivity index (χ1n) is 10.5. The average molecular weight is 445 g/mol. The van der Waals surface area contributed by atoms with Gasteiger partial charge in [-0.25, -0.2) is 4.99 Å². The molecule has 6 heteroatoms. The van der Waals surface area contributed by atoms with Crippen molar-refractivity contribution in [1.29, 1.82) is 0 Å². The van der Waals surface area contributed by atoms with E-state index in [1.165, 1.54) is 17.3 Å². The summed E-state index contributed by atoms with van der Waals surface area (Å²) in [5.41, 5.74) is 7.53. The van der Waals surface area contributed by atoms with Crippen LogP contribution in [0, 0.1) is 20.8 Å². The molecule has 0 radical (unpaired) electrons. The third kappa shape index (κ3) is 4.23. The lowest BCUT2D eigenvalue weighted by Gasteiger charge is -2.13. The maximum Gasteiger partial charge on any atom is 0.266 e. The van der Waals surface area contributed by atoms with E-state index in [0.29, 0.717) is 10.1 Å². The molecule has 0 unspecified atom stereocenters. The largest absolute Gasteiger partial charge is 0.378 e. The molecular weight excluding hydrogens is 416 g/mol. The number of anilines is 1. The van der Waals surface area contributed by atoms with E-state index in [4.69, 9.17) is 4.99 Å². The number of likely N-dealkylation sites (N-methyl/N-ethyl adjacent to an activating group) is 1. The molecule has 0 N–H and O–H groups in total. The van der Waals surface area contributed by atoms with Gasteiger partial charge in [0, 0.05) is 44.4 Å². The molecule has 1 aliphatic rings. The fourth-order valence-electron chi connectivity index (χ4n) is 3.89. The standard InChI is InChI=1S/C26H28N4OS/c1-17-14-18(2)24(19(3)15-17)27-26-29(6)25(31)23(32-26)16-22-8-7-13-30(22)21-11-9-20(10-12-21)28(4)5/h7-16H,1-6H3/b23-16-,27-26?. The molecular formula is C26H28N4OS. The summed E-state index contributed by atoms with van der Waals surface area (Å²) in [5.74, 6) is -0.0353. The van der Waals surface area contributed by atoms with Crippen LogP contribution in [0.2, 0.25) is 0 Å². The molecule has 4 rings (SSSR count). The molecule has 5 nitrogen and oxygen atoms in total. The van der Waals surface area contributed by atoms with Crippen LogP contribution in [0.5, 0.6) is 0 Å². The summed E-state index contributed by atoms with van der Waals surface area (Å²) in [6.45, 7) is 6.21. The zero-order chi connectivity index (χ0) is 23.0. The first kappa shape index (κ1) is 22.0. The normalized spacial score (nSPS) is 16.4.